The topological polar surface area (TPSA) is 70.6 Å². The van der Waals surface area contributed by atoms with Crippen molar-refractivity contribution in [2.24, 2.45) is 5.41 Å². The van der Waals surface area contributed by atoms with Crippen LogP contribution >= 0.6 is 0 Å². The summed E-state index contributed by atoms with van der Waals surface area (Å²) >= 11 is 0. The fourth-order valence-corrected chi connectivity index (χ4v) is 2.40. The Morgan fingerprint density at radius 2 is 2.19 bits per heavy atom. The molecule has 0 fully saturated rings. The molecule has 116 valence electrons. The molecule has 1 atom stereocenters. The van der Waals surface area contributed by atoms with Crippen LogP contribution in [0.2, 0.25) is 0 Å². The van der Waals surface area contributed by atoms with E-state index in [2.05, 4.69) is 31.4 Å². The zero-order chi connectivity index (χ0) is 15.5. The third kappa shape index (κ3) is 5.02. The number of carbonyl (C=O) groups is 1. The summed E-state index contributed by atoms with van der Waals surface area (Å²) in [4.78, 5) is 11.3. The first-order chi connectivity index (χ1) is 9.83. The largest absolute Gasteiger partial charge is 0.482 e. The van der Waals surface area contributed by atoms with Gasteiger partial charge in [-0.25, -0.2) is 0 Å². The summed E-state index contributed by atoms with van der Waals surface area (Å²) in [6.07, 6.45) is 0.402. The number of benzene rings is 1. The highest BCUT2D eigenvalue weighted by Crippen LogP contribution is 2.28. The molecule has 2 rings (SSSR count). The fraction of sp³-hybridized carbons (Fsp3) is 0.562. The van der Waals surface area contributed by atoms with Crippen LogP contribution in [0.15, 0.2) is 18.2 Å². The van der Waals surface area contributed by atoms with Gasteiger partial charge in [-0.15, -0.1) is 0 Å². The normalized spacial score (nSPS) is 15.9. The van der Waals surface area contributed by atoms with Gasteiger partial charge in [0, 0.05) is 13.1 Å². The van der Waals surface area contributed by atoms with Gasteiger partial charge in [-0.1, -0.05) is 26.8 Å². The van der Waals surface area contributed by atoms with E-state index in [-0.39, 0.29) is 24.0 Å². The molecule has 1 heterocycles. The van der Waals surface area contributed by atoms with E-state index >= 15 is 0 Å². The van der Waals surface area contributed by atoms with Gasteiger partial charge in [0.1, 0.15) is 5.75 Å². The molecule has 1 amide bonds. The predicted molar refractivity (Wildman–Crippen MR) is 82.4 cm³/mol. The molecule has 21 heavy (non-hydrogen) atoms. The van der Waals surface area contributed by atoms with Crippen molar-refractivity contribution >= 4 is 11.6 Å². The molecule has 0 radical (unpaired) electrons. The summed E-state index contributed by atoms with van der Waals surface area (Å²) in [5.74, 6) is 0.569. The van der Waals surface area contributed by atoms with Crippen molar-refractivity contribution in [3.63, 3.8) is 0 Å². The number of ether oxygens (including phenoxy) is 1. The van der Waals surface area contributed by atoms with E-state index in [1.165, 1.54) is 0 Å². The standard InChI is InChI=1S/C16H24N2O3/c1-16(2,3)7-12(19)9-17-8-11-4-5-14-13(6-11)18-15(20)10-21-14/h4-6,12,17,19H,7-10H2,1-3H3,(H,18,20). The Balaban J connectivity index is 1.84. The number of hydrogen-bond acceptors (Lipinski definition) is 4. The average molecular weight is 292 g/mol. The van der Waals surface area contributed by atoms with Gasteiger partial charge in [-0.05, 0) is 29.5 Å². The van der Waals surface area contributed by atoms with E-state index in [1.54, 1.807) is 0 Å². The van der Waals surface area contributed by atoms with Crippen LogP contribution in [0.5, 0.6) is 5.75 Å². The molecule has 1 aliphatic rings. The van der Waals surface area contributed by atoms with Gasteiger partial charge < -0.3 is 20.5 Å². The first kappa shape index (κ1) is 15.8. The van der Waals surface area contributed by atoms with Gasteiger partial charge in [0.15, 0.2) is 6.61 Å². The highest BCUT2D eigenvalue weighted by atomic mass is 16.5. The maximum Gasteiger partial charge on any atom is 0.262 e. The van der Waals surface area contributed by atoms with Crippen molar-refractivity contribution in [1.82, 2.24) is 5.32 Å². The van der Waals surface area contributed by atoms with Crippen molar-refractivity contribution < 1.29 is 14.6 Å². The molecule has 0 aliphatic carbocycles. The molecule has 0 saturated carbocycles. The number of anilines is 1. The van der Waals surface area contributed by atoms with Crippen LogP contribution in [0.4, 0.5) is 5.69 Å². The molecule has 0 saturated heterocycles. The maximum absolute atomic E-state index is 11.3. The number of nitrogens with one attached hydrogen (secondary N) is 2. The molecule has 1 aromatic rings. The lowest BCUT2D eigenvalue weighted by molar-refractivity contribution is -0.118. The Hall–Kier alpha value is -1.59. The summed E-state index contributed by atoms with van der Waals surface area (Å²) in [6.45, 7) is 7.61. The highest BCUT2D eigenvalue weighted by Gasteiger charge is 2.17. The van der Waals surface area contributed by atoms with Crippen LogP contribution in [-0.4, -0.2) is 30.3 Å². The van der Waals surface area contributed by atoms with Crippen molar-refractivity contribution in [3.05, 3.63) is 23.8 Å². The summed E-state index contributed by atoms with van der Waals surface area (Å²) in [5.41, 5.74) is 1.87. The van der Waals surface area contributed by atoms with Crippen molar-refractivity contribution in [2.75, 3.05) is 18.5 Å². The molecule has 1 unspecified atom stereocenters. The summed E-state index contributed by atoms with van der Waals surface area (Å²) in [5, 5.41) is 16.0. The molecular weight excluding hydrogens is 268 g/mol. The third-order valence-corrected chi connectivity index (χ3v) is 3.23. The Morgan fingerprint density at radius 3 is 2.90 bits per heavy atom. The van der Waals surface area contributed by atoms with E-state index in [1.807, 2.05) is 18.2 Å². The first-order valence-electron chi connectivity index (χ1n) is 7.28. The maximum atomic E-state index is 11.3. The van der Waals surface area contributed by atoms with Crippen molar-refractivity contribution in [2.45, 2.75) is 39.8 Å². The molecule has 0 spiro atoms. The highest BCUT2D eigenvalue weighted by molar-refractivity contribution is 5.95. The van der Waals surface area contributed by atoms with E-state index < -0.39 is 0 Å². The van der Waals surface area contributed by atoms with Crippen LogP contribution in [0, 0.1) is 5.41 Å². The number of carbonyl (C=O) groups excluding carboxylic acids is 1. The van der Waals surface area contributed by atoms with Crippen LogP contribution < -0.4 is 15.4 Å². The van der Waals surface area contributed by atoms with Gasteiger partial charge in [-0.3, -0.25) is 4.79 Å². The zero-order valence-electron chi connectivity index (χ0n) is 12.9. The lowest BCUT2D eigenvalue weighted by Gasteiger charge is -2.22. The minimum absolute atomic E-state index is 0.0730. The van der Waals surface area contributed by atoms with Crippen LogP contribution in [-0.2, 0) is 11.3 Å². The Kier molecular flexibility index (Phi) is 4.85. The van der Waals surface area contributed by atoms with E-state index in [9.17, 15) is 9.90 Å². The van der Waals surface area contributed by atoms with Gasteiger partial charge in [0.25, 0.3) is 5.91 Å². The number of aliphatic hydroxyl groups is 1. The van der Waals surface area contributed by atoms with E-state index in [0.29, 0.717) is 24.5 Å². The molecule has 0 bridgehead atoms. The Bertz CT molecular complexity index is 509. The van der Waals surface area contributed by atoms with E-state index in [0.717, 1.165) is 12.0 Å². The van der Waals surface area contributed by atoms with Crippen LogP contribution in [0.3, 0.4) is 0 Å². The Morgan fingerprint density at radius 1 is 1.43 bits per heavy atom. The quantitative estimate of drug-likeness (QED) is 0.775. The molecule has 1 aliphatic heterocycles. The molecular formula is C16H24N2O3. The van der Waals surface area contributed by atoms with Crippen molar-refractivity contribution in [3.8, 4) is 5.75 Å². The number of fused-ring (bicyclic) bond motifs is 1. The van der Waals surface area contributed by atoms with Gasteiger partial charge in [0.2, 0.25) is 0 Å². The minimum Gasteiger partial charge on any atom is -0.482 e. The second-order valence-corrected chi connectivity index (χ2v) is 6.72. The smallest absolute Gasteiger partial charge is 0.262 e. The lowest BCUT2D eigenvalue weighted by Crippen LogP contribution is -2.30. The fourth-order valence-electron chi connectivity index (χ4n) is 2.40. The predicted octanol–water partition coefficient (Wildman–Crippen LogP) is 1.90. The SMILES string of the molecule is CC(C)(C)CC(O)CNCc1ccc2c(c1)NC(=O)CO2. The molecule has 3 N–H and O–H groups in total. The molecule has 1 aromatic carbocycles. The summed E-state index contributed by atoms with van der Waals surface area (Å²) in [6, 6.07) is 5.71. The van der Waals surface area contributed by atoms with Gasteiger partial charge >= 0.3 is 0 Å². The number of aliphatic hydroxyl groups excluding tert-OH is 1. The number of amides is 1. The third-order valence-electron chi connectivity index (χ3n) is 3.23. The molecule has 5 nitrogen and oxygen atoms in total. The molecule has 5 heteroatoms. The monoisotopic (exact) mass is 292 g/mol. The van der Waals surface area contributed by atoms with Crippen LogP contribution in [0.1, 0.15) is 32.8 Å². The average Bonchev–Trinajstić information content (AvgIpc) is 2.36. The van der Waals surface area contributed by atoms with Crippen molar-refractivity contribution in [1.29, 1.82) is 0 Å². The first-order valence-corrected chi connectivity index (χ1v) is 7.28. The van der Waals surface area contributed by atoms with Gasteiger partial charge in [-0.2, -0.15) is 0 Å². The second kappa shape index (κ2) is 6.45. The second-order valence-electron chi connectivity index (χ2n) is 6.72. The Labute approximate surface area is 125 Å². The lowest BCUT2D eigenvalue weighted by atomic mass is 9.89. The van der Waals surface area contributed by atoms with Crippen LogP contribution in [0.25, 0.3) is 0 Å². The molecule has 0 aromatic heterocycles. The minimum atomic E-state index is -0.356. The number of rotatable bonds is 5. The van der Waals surface area contributed by atoms with E-state index in [4.69, 9.17) is 4.74 Å². The van der Waals surface area contributed by atoms with Gasteiger partial charge in [0.05, 0.1) is 11.8 Å². The zero-order valence-corrected chi connectivity index (χ0v) is 12.9. The summed E-state index contributed by atoms with van der Waals surface area (Å²) < 4.78 is 5.32. The summed E-state index contributed by atoms with van der Waals surface area (Å²) in [7, 11) is 0. The number of hydrogen-bond donors (Lipinski definition) is 3.